The van der Waals surface area contributed by atoms with E-state index in [9.17, 15) is 14.4 Å². The van der Waals surface area contributed by atoms with Crippen LogP contribution in [0.15, 0.2) is 58.5 Å². The monoisotopic (exact) mass is 491 g/mol. The van der Waals surface area contributed by atoms with Crippen LogP contribution in [0.2, 0.25) is 0 Å². The quantitative estimate of drug-likeness (QED) is 0.168. The van der Waals surface area contributed by atoms with Crippen molar-refractivity contribution in [1.29, 1.82) is 0 Å². The molecule has 0 atom stereocenters. The zero-order valence-electron chi connectivity index (χ0n) is 19.9. The molecule has 0 amide bonds. The summed E-state index contributed by atoms with van der Waals surface area (Å²) < 4.78 is 12.1. The molecule has 0 unspecified atom stereocenters. The van der Waals surface area contributed by atoms with Gasteiger partial charge >= 0.3 is 5.97 Å². The molecule has 0 spiro atoms. The summed E-state index contributed by atoms with van der Waals surface area (Å²) in [6.07, 6.45) is 0. The van der Waals surface area contributed by atoms with E-state index in [1.54, 1.807) is 57.2 Å². The van der Waals surface area contributed by atoms with Crippen LogP contribution in [0.5, 0.6) is 5.75 Å². The number of Topliss-reactive ketones (excluding diaryl/α,β-unsaturated/α-hetero) is 1. The van der Waals surface area contributed by atoms with Gasteiger partial charge in [-0.05, 0) is 50.6 Å². The maximum absolute atomic E-state index is 13.5. The Hall–Kier alpha value is -3.85. The number of aromatic amines is 1. The highest BCUT2D eigenvalue weighted by Crippen LogP contribution is 2.28. The number of methoxy groups -OCH3 is 1. The molecule has 2 heterocycles. The van der Waals surface area contributed by atoms with Crippen LogP contribution in [0, 0.1) is 13.8 Å². The Balaban J connectivity index is 1.74. The molecule has 35 heavy (non-hydrogen) atoms. The molecule has 0 radical (unpaired) electrons. The average Bonchev–Trinajstić information content (AvgIpc) is 3.16. The number of nitrogens with one attached hydrogen (secondary N) is 1. The highest BCUT2D eigenvalue weighted by molar-refractivity contribution is 7.99. The number of rotatable bonds is 8. The van der Waals surface area contributed by atoms with Crippen molar-refractivity contribution in [2.24, 2.45) is 0 Å². The third-order valence-electron chi connectivity index (χ3n) is 5.60. The molecule has 2 aromatic heterocycles. The number of aryl methyl sites for hydroxylation is 1. The van der Waals surface area contributed by atoms with Gasteiger partial charge in [-0.25, -0.2) is 9.78 Å². The van der Waals surface area contributed by atoms with E-state index in [4.69, 9.17) is 9.47 Å². The van der Waals surface area contributed by atoms with Crippen molar-refractivity contribution in [2.45, 2.75) is 25.9 Å². The van der Waals surface area contributed by atoms with Crippen LogP contribution in [0.4, 0.5) is 0 Å². The third kappa shape index (κ3) is 4.59. The van der Waals surface area contributed by atoms with E-state index in [0.717, 1.165) is 11.8 Å². The second-order valence-corrected chi connectivity index (χ2v) is 8.72. The SMILES string of the molecule is CCOC(=O)c1c(C)[nH]c(C(=O)CSc2nc3ccccc3c(=O)n2-c2ccccc2OC)c1C. The minimum atomic E-state index is -0.466. The standard InChI is InChI=1S/C26H25N3O5S/c1-5-34-25(32)22-15(2)23(27-16(22)3)20(30)14-35-26-28-18-11-7-6-10-17(18)24(31)29(26)19-12-8-9-13-21(19)33-4/h6-13,27H,5,14H2,1-4H3. The molecule has 0 aliphatic carbocycles. The summed E-state index contributed by atoms with van der Waals surface area (Å²) >= 11 is 1.15. The highest BCUT2D eigenvalue weighted by atomic mass is 32.2. The van der Waals surface area contributed by atoms with Crippen LogP contribution in [-0.2, 0) is 4.74 Å². The summed E-state index contributed by atoms with van der Waals surface area (Å²) in [5, 5.41) is 0.821. The Kier molecular flexibility index (Phi) is 7.07. The first-order chi connectivity index (χ1) is 16.9. The lowest BCUT2D eigenvalue weighted by Crippen LogP contribution is -2.22. The number of aromatic nitrogens is 3. The Labute approximate surface area is 206 Å². The largest absolute Gasteiger partial charge is 0.495 e. The van der Waals surface area contributed by atoms with Gasteiger partial charge in [0, 0.05) is 5.69 Å². The van der Waals surface area contributed by atoms with E-state index in [1.807, 2.05) is 12.1 Å². The lowest BCUT2D eigenvalue weighted by molar-refractivity contribution is 0.0525. The Bertz CT molecular complexity index is 1490. The van der Waals surface area contributed by atoms with Gasteiger partial charge in [0.05, 0.1) is 47.3 Å². The third-order valence-corrected chi connectivity index (χ3v) is 6.54. The van der Waals surface area contributed by atoms with Crippen molar-refractivity contribution in [3.05, 3.63) is 81.4 Å². The molecule has 0 bridgehead atoms. The fourth-order valence-electron chi connectivity index (χ4n) is 3.98. The second kappa shape index (κ2) is 10.2. The molecule has 1 N–H and O–H groups in total. The summed E-state index contributed by atoms with van der Waals surface area (Å²) in [6, 6.07) is 14.2. The highest BCUT2D eigenvalue weighted by Gasteiger charge is 2.24. The van der Waals surface area contributed by atoms with Crippen LogP contribution in [0.3, 0.4) is 0 Å². The zero-order chi connectivity index (χ0) is 25.1. The van der Waals surface area contributed by atoms with Gasteiger partial charge < -0.3 is 14.5 Å². The number of para-hydroxylation sites is 3. The lowest BCUT2D eigenvalue weighted by Gasteiger charge is -2.15. The molecule has 0 fully saturated rings. The number of ether oxygens (including phenoxy) is 2. The van der Waals surface area contributed by atoms with Gasteiger partial charge in [0.15, 0.2) is 10.9 Å². The number of ketones is 1. The van der Waals surface area contributed by atoms with Crippen LogP contribution in [-0.4, -0.2) is 45.8 Å². The Morgan fingerprint density at radius 2 is 1.80 bits per heavy atom. The molecule has 0 saturated carbocycles. The predicted octanol–water partition coefficient (Wildman–Crippen LogP) is 4.49. The van der Waals surface area contributed by atoms with E-state index < -0.39 is 5.97 Å². The number of nitrogens with zero attached hydrogens (tertiary/aromatic N) is 2. The van der Waals surface area contributed by atoms with Crippen LogP contribution in [0.1, 0.15) is 39.0 Å². The summed E-state index contributed by atoms with van der Waals surface area (Å²) in [7, 11) is 1.53. The van der Waals surface area contributed by atoms with Gasteiger partial charge in [-0.15, -0.1) is 0 Å². The normalized spacial score (nSPS) is 11.0. The average molecular weight is 492 g/mol. The predicted molar refractivity (Wildman–Crippen MR) is 135 cm³/mol. The topological polar surface area (TPSA) is 103 Å². The minimum Gasteiger partial charge on any atom is -0.495 e. The van der Waals surface area contributed by atoms with Gasteiger partial charge in [-0.2, -0.15) is 0 Å². The van der Waals surface area contributed by atoms with Crippen molar-refractivity contribution in [1.82, 2.24) is 14.5 Å². The van der Waals surface area contributed by atoms with E-state index in [1.165, 1.54) is 11.7 Å². The molecular formula is C26H25N3O5S. The molecular weight excluding hydrogens is 466 g/mol. The zero-order valence-corrected chi connectivity index (χ0v) is 20.7. The van der Waals surface area contributed by atoms with Crippen molar-refractivity contribution in [3.63, 3.8) is 0 Å². The number of fused-ring (bicyclic) bond motifs is 1. The van der Waals surface area contributed by atoms with Crippen LogP contribution < -0.4 is 10.3 Å². The molecule has 9 heteroatoms. The Morgan fingerprint density at radius 3 is 2.54 bits per heavy atom. The first kappa shape index (κ1) is 24.3. The maximum atomic E-state index is 13.5. The number of thioether (sulfide) groups is 1. The Morgan fingerprint density at radius 1 is 1.09 bits per heavy atom. The summed E-state index contributed by atoms with van der Waals surface area (Å²) in [5.41, 5.74) is 2.63. The van der Waals surface area contributed by atoms with E-state index >= 15 is 0 Å². The molecule has 4 aromatic rings. The van der Waals surface area contributed by atoms with Crippen molar-refractivity contribution in [3.8, 4) is 11.4 Å². The first-order valence-electron chi connectivity index (χ1n) is 11.0. The molecule has 4 rings (SSSR count). The molecule has 2 aromatic carbocycles. The van der Waals surface area contributed by atoms with Gasteiger partial charge in [0.1, 0.15) is 5.75 Å². The lowest BCUT2D eigenvalue weighted by atomic mass is 10.1. The summed E-state index contributed by atoms with van der Waals surface area (Å²) in [4.78, 5) is 46.7. The molecule has 180 valence electrons. The molecule has 0 saturated heterocycles. The fraction of sp³-hybridized carbons (Fsp3) is 0.231. The fourth-order valence-corrected chi connectivity index (χ4v) is 4.85. The molecule has 8 nitrogen and oxygen atoms in total. The van der Waals surface area contributed by atoms with Crippen LogP contribution in [0.25, 0.3) is 16.6 Å². The number of carbonyl (C=O) groups is 2. The smallest absolute Gasteiger partial charge is 0.340 e. The van der Waals surface area contributed by atoms with Gasteiger partial charge in [-0.3, -0.25) is 14.2 Å². The number of hydrogen-bond acceptors (Lipinski definition) is 7. The van der Waals surface area contributed by atoms with Crippen molar-refractivity contribution >= 4 is 34.4 Å². The van der Waals surface area contributed by atoms with Crippen molar-refractivity contribution in [2.75, 3.05) is 19.5 Å². The number of H-pyrrole nitrogens is 1. The van der Waals surface area contributed by atoms with E-state index in [2.05, 4.69) is 9.97 Å². The molecule has 0 aliphatic heterocycles. The number of esters is 1. The van der Waals surface area contributed by atoms with Crippen LogP contribution >= 0.6 is 11.8 Å². The van der Waals surface area contributed by atoms with E-state index in [0.29, 0.717) is 50.0 Å². The number of hydrogen-bond donors (Lipinski definition) is 1. The minimum absolute atomic E-state index is 0.00296. The van der Waals surface area contributed by atoms with Gasteiger partial charge in [-0.1, -0.05) is 36.0 Å². The number of benzene rings is 2. The molecule has 0 aliphatic rings. The van der Waals surface area contributed by atoms with Gasteiger partial charge in [0.25, 0.3) is 5.56 Å². The maximum Gasteiger partial charge on any atom is 0.340 e. The summed E-state index contributed by atoms with van der Waals surface area (Å²) in [6.45, 7) is 5.42. The van der Waals surface area contributed by atoms with Gasteiger partial charge in [0.2, 0.25) is 0 Å². The summed E-state index contributed by atoms with van der Waals surface area (Å²) in [5.74, 6) is -0.176. The number of carbonyl (C=O) groups excluding carboxylic acids is 2. The van der Waals surface area contributed by atoms with Crippen molar-refractivity contribution < 1.29 is 19.1 Å². The first-order valence-corrected chi connectivity index (χ1v) is 12.0. The van der Waals surface area contributed by atoms with E-state index in [-0.39, 0.29) is 23.7 Å². The second-order valence-electron chi connectivity index (χ2n) is 7.78.